The molecule has 1 aromatic carbocycles. The van der Waals surface area contributed by atoms with Gasteiger partial charge in [0.05, 0.1) is 18.6 Å². The van der Waals surface area contributed by atoms with Gasteiger partial charge in [-0.2, -0.15) is 0 Å². The maximum atomic E-state index is 5.60. The minimum absolute atomic E-state index is 0.0474. The van der Waals surface area contributed by atoms with E-state index in [1.54, 1.807) is 12.5 Å². The highest BCUT2D eigenvalue weighted by Gasteiger charge is 2.19. The molecule has 0 aliphatic carbocycles. The minimum Gasteiger partial charge on any atom is -0.469 e. The lowest BCUT2D eigenvalue weighted by atomic mass is 10.0. The molecule has 0 bridgehead atoms. The highest BCUT2D eigenvalue weighted by atomic mass is 16.3. The molecule has 0 spiro atoms. The Morgan fingerprint density at radius 3 is 2.33 bits per heavy atom. The predicted octanol–water partition coefficient (Wildman–Crippen LogP) is 4.18. The molecule has 0 amide bonds. The van der Waals surface area contributed by atoms with Gasteiger partial charge in [-0.25, -0.2) is 0 Å². The molecule has 3 heteroatoms. The summed E-state index contributed by atoms with van der Waals surface area (Å²) in [4.78, 5) is 0. The first-order valence-corrected chi connectivity index (χ1v) is 7.19. The summed E-state index contributed by atoms with van der Waals surface area (Å²) < 4.78 is 11.0. The van der Waals surface area contributed by atoms with E-state index in [-0.39, 0.29) is 12.1 Å². The van der Waals surface area contributed by atoms with Gasteiger partial charge in [0.1, 0.15) is 11.5 Å². The van der Waals surface area contributed by atoms with E-state index in [1.165, 1.54) is 5.56 Å². The van der Waals surface area contributed by atoms with E-state index < -0.39 is 0 Å². The van der Waals surface area contributed by atoms with Crippen molar-refractivity contribution in [2.45, 2.75) is 25.4 Å². The van der Waals surface area contributed by atoms with Crippen molar-refractivity contribution in [3.63, 3.8) is 0 Å². The maximum absolute atomic E-state index is 5.60. The normalized spacial score (nSPS) is 14.0. The van der Waals surface area contributed by atoms with Gasteiger partial charge in [0, 0.05) is 12.5 Å². The molecular weight excluding hydrogens is 262 g/mol. The Kier molecular flexibility index (Phi) is 4.22. The van der Waals surface area contributed by atoms with E-state index in [2.05, 4.69) is 24.4 Å². The molecule has 2 atom stereocenters. The monoisotopic (exact) mass is 281 g/mol. The largest absolute Gasteiger partial charge is 0.469 e. The Hall–Kier alpha value is -2.26. The topological polar surface area (TPSA) is 38.3 Å². The van der Waals surface area contributed by atoms with Crippen LogP contribution in [0.15, 0.2) is 76.0 Å². The molecule has 0 aliphatic heterocycles. The SMILES string of the molecule is CC(Cc1ccco1)NC(c1ccccc1)c1ccco1. The number of furan rings is 2. The highest BCUT2D eigenvalue weighted by Crippen LogP contribution is 2.23. The van der Waals surface area contributed by atoms with Crippen molar-refractivity contribution in [1.82, 2.24) is 5.32 Å². The molecule has 0 saturated heterocycles. The summed E-state index contributed by atoms with van der Waals surface area (Å²) in [5.74, 6) is 1.91. The summed E-state index contributed by atoms with van der Waals surface area (Å²) in [5.41, 5.74) is 1.19. The lowest BCUT2D eigenvalue weighted by Gasteiger charge is -2.21. The number of hydrogen-bond acceptors (Lipinski definition) is 3. The standard InChI is InChI=1S/C18H19NO2/c1-14(13-16-9-5-11-20-16)19-18(17-10-6-12-21-17)15-7-3-2-4-8-15/h2-12,14,18-19H,13H2,1H3. The van der Waals surface area contributed by atoms with Crippen LogP contribution in [-0.4, -0.2) is 6.04 Å². The Morgan fingerprint density at radius 2 is 1.67 bits per heavy atom. The fraction of sp³-hybridized carbons (Fsp3) is 0.222. The summed E-state index contributed by atoms with van der Waals surface area (Å²) in [7, 11) is 0. The summed E-state index contributed by atoms with van der Waals surface area (Å²) >= 11 is 0. The third-order valence-corrected chi connectivity index (χ3v) is 3.50. The van der Waals surface area contributed by atoms with Crippen molar-refractivity contribution in [2.24, 2.45) is 0 Å². The number of rotatable bonds is 6. The summed E-state index contributed by atoms with van der Waals surface area (Å²) in [6, 6.07) is 18.5. The molecule has 21 heavy (non-hydrogen) atoms. The zero-order valence-corrected chi connectivity index (χ0v) is 12.0. The van der Waals surface area contributed by atoms with Crippen molar-refractivity contribution in [1.29, 1.82) is 0 Å². The Bertz CT molecular complexity index is 629. The van der Waals surface area contributed by atoms with Gasteiger partial charge in [0.15, 0.2) is 0 Å². The molecule has 0 fully saturated rings. The predicted molar refractivity (Wildman–Crippen MR) is 82.0 cm³/mol. The third-order valence-electron chi connectivity index (χ3n) is 3.50. The van der Waals surface area contributed by atoms with E-state index in [4.69, 9.17) is 8.83 Å². The van der Waals surface area contributed by atoms with Crippen LogP contribution in [0.2, 0.25) is 0 Å². The molecule has 0 radical (unpaired) electrons. The zero-order valence-electron chi connectivity index (χ0n) is 12.0. The van der Waals surface area contributed by atoms with Gasteiger partial charge in [-0.1, -0.05) is 30.3 Å². The molecule has 2 aromatic heterocycles. The Balaban J connectivity index is 1.77. The van der Waals surface area contributed by atoms with Crippen LogP contribution >= 0.6 is 0 Å². The fourth-order valence-electron chi connectivity index (χ4n) is 2.52. The van der Waals surface area contributed by atoms with Crippen LogP contribution in [0.3, 0.4) is 0 Å². The van der Waals surface area contributed by atoms with E-state index in [0.717, 1.165) is 17.9 Å². The van der Waals surface area contributed by atoms with Gasteiger partial charge in [-0.15, -0.1) is 0 Å². The van der Waals surface area contributed by atoms with Crippen LogP contribution < -0.4 is 5.32 Å². The van der Waals surface area contributed by atoms with Crippen LogP contribution in [0.1, 0.15) is 30.0 Å². The lowest BCUT2D eigenvalue weighted by molar-refractivity contribution is 0.395. The smallest absolute Gasteiger partial charge is 0.125 e. The van der Waals surface area contributed by atoms with Gasteiger partial charge in [0.25, 0.3) is 0 Å². The highest BCUT2D eigenvalue weighted by molar-refractivity contribution is 5.26. The molecule has 3 nitrogen and oxygen atoms in total. The quantitative estimate of drug-likeness (QED) is 0.736. The molecule has 3 rings (SSSR count). The Morgan fingerprint density at radius 1 is 0.905 bits per heavy atom. The van der Waals surface area contributed by atoms with Crippen LogP contribution in [0.25, 0.3) is 0 Å². The molecule has 0 saturated carbocycles. The van der Waals surface area contributed by atoms with Crippen molar-refractivity contribution in [2.75, 3.05) is 0 Å². The van der Waals surface area contributed by atoms with Crippen LogP contribution in [0.5, 0.6) is 0 Å². The molecule has 108 valence electrons. The van der Waals surface area contributed by atoms with Crippen molar-refractivity contribution in [3.8, 4) is 0 Å². The van der Waals surface area contributed by atoms with Gasteiger partial charge in [-0.05, 0) is 36.8 Å². The first-order chi connectivity index (χ1) is 10.3. The molecule has 0 aliphatic rings. The average molecular weight is 281 g/mol. The number of nitrogens with one attached hydrogen (secondary N) is 1. The molecule has 2 heterocycles. The van der Waals surface area contributed by atoms with Gasteiger partial charge in [-0.3, -0.25) is 0 Å². The second-order valence-corrected chi connectivity index (χ2v) is 5.21. The summed E-state index contributed by atoms with van der Waals surface area (Å²) in [5, 5.41) is 3.62. The Labute approximate surface area is 124 Å². The second kappa shape index (κ2) is 6.46. The fourth-order valence-corrected chi connectivity index (χ4v) is 2.52. The first kappa shape index (κ1) is 13.7. The molecule has 2 unspecified atom stereocenters. The number of benzene rings is 1. The first-order valence-electron chi connectivity index (χ1n) is 7.19. The van der Waals surface area contributed by atoms with Crippen LogP contribution in [0.4, 0.5) is 0 Å². The third kappa shape index (κ3) is 3.44. The van der Waals surface area contributed by atoms with E-state index in [9.17, 15) is 0 Å². The van der Waals surface area contributed by atoms with E-state index in [0.29, 0.717) is 0 Å². The van der Waals surface area contributed by atoms with Crippen LogP contribution in [0, 0.1) is 0 Å². The van der Waals surface area contributed by atoms with Gasteiger partial charge >= 0.3 is 0 Å². The zero-order chi connectivity index (χ0) is 14.5. The summed E-state index contributed by atoms with van der Waals surface area (Å²) in [6.07, 6.45) is 4.27. The molecule has 1 N–H and O–H groups in total. The lowest BCUT2D eigenvalue weighted by Crippen LogP contribution is -2.32. The minimum atomic E-state index is 0.0474. The second-order valence-electron chi connectivity index (χ2n) is 5.21. The van der Waals surface area contributed by atoms with Crippen molar-refractivity contribution in [3.05, 3.63) is 84.2 Å². The average Bonchev–Trinajstić information content (AvgIpc) is 3.19. The van der Waals surface area contributed by atoms with E-state index in [1.807, 2.05) is 42.5 Å². The van der Waals surface area contributed by atoms with Gasteiger partial charge in [0.2, 0.25) is 0 Å². The van der Waals surface area contributed by atoms with Gasteiger partial charge < -0.3 is 14.2 Å². The maximum Gasteiger partial charge on any atom is 0.125 e. The number of hydrogen-bond donors (Lipinski definition) is 1. The molecule has 3 aromatic rings. The van der Waals surface area contributed by atoms with E-state index >= 15 is 0 Å². The molecular formula is C18H19NO2. The van der Waals surface area contributed by atoms with Crippen molar-refractivity contribution < 1.29 is 8.83 Å². The van der Waals surface area contributed by atoms with Crippen LogP contribution in [-0.2, 0) is 6.42 Å². The van der Waals surface area contributed by atoms with Crippen molar-refractivity contribution >= 4 is 0 Å². The summed E-state index contributed by atoms with van der Waals surface area (Å²) in [6.45, 7) is 2.15.